The minimum Gasteiger partial charge on any atom is -0.469 e. The van der Waals surface area contributed by atoms with Crippen molar-refractivity contribution in [1.82, 2.24) is 5.32 Å². The highest BCUT2D eigenvalue weighted by Gasteiger charge is 2.04. The molecule has 0 saturated heterocycles. The van der Waals surface area contributed by atoms with Crippen LogP contribution >= 0.6 is 11.6 Å². The number of methoxy groups -OCH3 is 1. The van der Waals surface area contributed by atoms with Crippen LogP contribution in [0.4, 0.5) is 4.39 Å². The van der Waals surface area contributed by atoms with E-state index < -0.39 is 17.7 Å². The number of halogens is 2. The number of ether oxygens (including phenoxy) is 1. The third kappa shape index (κ3) is 5.09. The van der Waals surface area contributed by atoms with Crippen LogP contribution in [0, 0.1) is 5.82 Å². The molecule has 0 bridgehead atoms. The molecule has 1 N–H and O–H groups in total. The molecule has 1 aromatic rings. The second kappa shape index (κ2) is 7.53. The summed E-state index contributed by atoms with van der Waals surface area (Å²) in [5, 5.41) is 2.69. The molecule has 0 aliphatic rings. The molecule has 0 heterocycles. The van der Waals surface area contributed by atoms with E-state index >= 15 is 0 Å². The van der Waals surface area contributed by atoms with E-state index in [9.17, 15) is 14.0 Å². The molecule has 0 unspecified atom stereocenters. The largest absolute Gasteiger partial charge is 0.469 e. The van der Waals surface area contributed by atoms with Gasteiger partial charge < -0.3 is 10.1 Å². The molecule has 102 valence electrons. The van der Waals surface area contributed by atoms with Gasteiger partial charge in [-0.25, -0.2) is 4.39 Å². The first-order valence-electron chi connectivity index (χ1n) is 5.51. The van der Waals surface area contributed by atoms with Gasteiger partial charge in [0, 0.05) is 18.2 Å². The van der Waals surface area contributed by atoms with Gasteiger partial charge >= 0.3 is 5.97 Å². The molecular weight excluding hydrogens is 273 g/mol. The van der Waals surface area contributed by atoms with Gasteiger partial charge in [-0.2, -0.15) is 0 Å². The minimum atomic E-state index is -0.508. The third-order valence-electron chi connectivity index (χ3n) is 2.26. The predicted octanol–water partition coefficient (Wildman–Crippen LogP) is 2.17. The minimum absolute atomic E-state index is 0.0799. The summed E-state index contributed by atoms with van der Waals surface area (Å²) in [5.41, 5.74) is 0.146. The molecule has 6 heteroatoms. The molecule has 4 nitrogen and oxygen atoms in total. The molecule has 0 aromatic heterocycles. The fourth-order valence-electron chi connectivity index (χ4n) is 1.28. The SMILES string of the molecule is COC(=O)CCNC(=O)C=Cc1c(F)cccc1Cl. The van der Waals surface area contributed by atoms with Gasteiger partial charge in [0.2, 0.25) is 5.91 Å². The number of carbonyl (C=O) groups is 2. The van der Waals surface area contributed by atoms with Crippen LogP contribution in [0.15, 0.2) is 24.3 Å². The van der Waals surface area contributed by atoms with E-state index in [-0.39, 0.29) is 23.6 Å². The molecule has 1 rings (SSSR count). The van der Waals surface area contributed by atoms with Crippen LogP contribution in [0.5, 0.6) is 0 Å². The van der Waals surface area contributed by atoms with Gasteiger partial charge in [0.05, 0.1) is 18.6 Å². The van der Waals surface area contributed by atoms with Crippen molar-refractivity contribution >= 4 is 29.6 Å². The van der Waals surface area contributed by atoms with Crippen molar-refractivity contribution in [3.63, 3.8) is 0 Å². The number of nitrogens with one attached hydrogen (secondary N) is 1. The standard InChI is InChI=1S/C13H13ClFNO3/c1-19-13(18)7-8-16-12(17)6-5-9-10(14)3-2-4-11(9)15/h2-6H,7-8H2,1H3,(H,16,17). The molecule has 1 amide bonds. The van der Waals surface area contributed by atoms with Crippen molar-refractivity contribution in [2.75, 3.05) is 13.7 Å². The van der Waals surface area contributed by atoms with Crippen molar-refractivity contribution < 1.29 is 18.7 Å². The third-order valence-corrected chi connectivity index (χ3v) is 2.59. The topological polar surface area (TPSA) is 55.4 Å². The van der Waals surface area contributed by atoms with Gasteiger partial charge in [0.25, 0.3) is 0 Å². The first kappa shape index (κ1) is 15.2. The Morgan fingerprint density at radius 1 is 1.47 bits per heavy atom. The van der Waals surface area contributed by atoms with Gasteiger partial charge in [-0.1, -0.05) is 17.7 Å². The van der Waals surface area contributed by atoms with Crippen molar-refractivity contribution in [3.05, 3.63) is 40.7 Å². The second-order valence-corrected chi connectivity index (χ2v) is 3.99. The van der Waals surface area contributed by atoms with Crippen LogP contribution < -0.4 is 5.32 Å². The Hall–Kier alpha value is -1.88. The van der Waals surface area contributed by atoms with Crippen molar-refractivity contribution in [3.8, 4) is 0 Å². The number of carbonyl (C=O) groups excluding carboxylic acids is 2. The Kier molecular flexibility index (Phi) is 6.02. The second-order valence-electron chi connectivity index (χ2n) is 3.59. The summed E-state index contributed by atoms with van der Waals surface area (Å²) in [5.74, 6) is -1.37. The van der Waals surface area contributed by atoms with Crippen LogP contribution in [0.2, 0.25) is 5.02 Å². The first-order valence-corrected chi connectivity index (χ1v) is 5.89. The lowest BCUT2D eigenvalue weighted by Crippen LogP contribution is -2.24. The molecule has 0 fully saturated rings. The molecule has 19 heavy (non-hydrogen) atoms. The first-order chi connectivity index (χ1) is 9.04. The number of benzene rings is 1. The highest BCUT2D eigenvalue weighted by molar-refractivity contribution is 6.32. The van der Waals surface area contributed by atoms with Crippen LogP contribution in [-0.2, 0) is 14.3 Å². The number of esters is 1. The van der Waals surface area contributed by atoms with Gasteiger partial charge in [-0.05, 0) is 18.2 Å². The van der Waals surface area contributed by atoms with Crippen LogP contribution in [-0.4, -0.2) is 25.5 Å². The Labute approximate surface area is 115 Å². The van der Waals surface area contributed by atoms with E-state index in [1.807, 2.05) is 0 Å². The Bertz CT molecular complexity index is 482. The molecule has 0 spiro atoms. The molecule has 0 aliphatic carbocycles. The summed E-state index contributed by atoms with van der Waals surface area (Å²) < 4.78 is 17.8. The lowest BCUT2D eigenvalue weighted by Gasteiger charge is -2.02. The Balaban J connectivity index is 2.52. The van der Waals surface area contributed by atoms with Crippen molar-refractivity contribution in [1.29, 1.82) is 0 Å². The molecule has 0 saturated carbocycles. The predicted molar refractivity (Wildman–Crippen MR) is 70.1 cm³/mol. The Morgan fingerprint density at radius 3 is 2.84 bits per heavy atom. The average Bonchev–Trinajstić information content (AvgIpc) is 2.38. The molecule has 0 atom stereocenters. The Morgan fingerprint density at radius 2 is 2.21 bits per heavy atom. The number of hydrogen-bond donors (Lipinski definition) is 1. The van der Waals surface area contributed by atoms with Crippen LogP contribution in [0.25, 0.3) is 6.08 Å². The zero-order valence-corrected chi connectivity index (χ0v) is 11.0. The number of rotatable bonds is 5. The lowest BCUT2D eigenvalue weighted by molar-refractivity contribution is -0.140. The molecular formula is C13H13ClFNO3. The van der Waals surface area contributed by atoms with Crippen molar-refractivity contribution in [2.45, 2.75) is 6.42 Å². The lowest BCUT2D eigenvalue weighted by atomic mass is 10.2. The number of amides is 1. The van der Waals surface area contributed by atoms with E-state index in [0.29, 0.717) is 0 Å². The van der Waals surface area contributed by atoms with Crippen LogP contribution in [0.3, 0.4) is 0 Å². The van der Waals surface area contributed by atoms with E-state index in [1.165, 1.54) is 31.4 Å². The van der Waals surface area contributed by atoms with Gasteiger partial charge in [-0.3, -0.25) is 9.59 Å². The average molecular weight is 286 g/mol. The quantitative estimate of drug-likeness (QED) is 0.666. The summed E-state index contributed by atoms with van der Waals surface area (Å²) >= 11 is 5.79. The fraction of sp³-hybridized carbons (Fsp3) is 0.231. The highest BCUT2D eigenvalue weighted by Crippen LogP contribution is 2.20. The van der Waals surface area contributed by atoms with E-state index in [2.05, 4.69) is 10.1 Å². The van der Waals surface area contributed by atoms with E-state index in [4.69, 9.17) is 11.6 Å². The summed E-state index contributed by atoms with van der Waals surface area (Å²) in [7, 11) is 1.27. The number of hydrogen-bond acceptors (Lipinski definition) is 3. The monoisotopic (exact) mass is 285 g/mol. The smallest absolute Gasteiger partial charge is 0.307 e. The maximum atomic E-state index is 13.4. The van der Waals surface area contributed by atoms with Crippen LogP contribution in [0.1, 0.15) is 12.0 Å². The summed E-state index contributed by atoms with van der Waals surface area (Å²) in [6.07, 6.45) is 2.52. The van der Waals surface area contributed by atoms with Crippen molar-refractivity contribution in [2.24, 2.45) is 0 Å². The zero-order valence-electron chi connectivity index (χ0n) is 10.3. The van der Waals surface area contributed by atoms with Gasteiger partial charge in [0.1, 0.15) is 5.82 Å². The highest BCUT2D eigenvalue weighted by atomic mass is 35.5. The van der Waals surface area contributed by atoms with E-state index in [0.717, 1.165) is 6.08 Å². The molecule has 0 aliphatic heterocycles. The van der Waals surface area contributed by atoms with Gasteiger partial charge in [0.15, 0.2) is 0 Å². The summed E-state index contributed by atoms with van der Waals surface area (Å²) in [6.45, 7) is 0.154. The summed E-state index contributed by atoms with van der Waals surface area (Å²) in [4.78, 5) is 22.2. The fourth-order valence-corrected chi connectivity index (χ4v) is 1.50. The molecule has 0 radical (unpaired) electrons. The van der Waals surface area contributed by atoms with E-state index in [1.54, 1.807) is 0 Å². The summed E-state index contributed by atoms with van der Waals surface area (Å²) in [6, 6.07) is 4.26. The molecule has 1 aromatic carbocycles. The maximum Gasteiger partial charge on any atom is 0.307 e. The normalized spacial score (nSPS) is 10.5. The van der Waals surface area contributed by atoms with Gasteiger partial charge in [-0.15, -0.1) is 0 Å². The zero-order chi connectivity index (χ0) is 14.3. The maximum absolute atomic E-state index is 13.4.